The predicted octanol–water partition coefficient (Wildman–Crippen LogP) is 4.85. The average molecular weight is 317 g/mol. The Morgan fingerprint density at radius 2 is 1.83 bits per heavy atom. The molecule has 3 aromatic rings. The summed E-state index contributed by atoms with van der Waals surface area (Å²) in [4.78, 5) is 4.29. The second kappa shape index (κ2) is 5.79. The van der Waals surface area contributed by atoms with Crippen LogP contribution in [0.1, 0.15) is 5.56 Å². The van der Waals surface area contributed by atoms with Crippen molar-refractivity contribution in [1.82, 2.24) is 9.55 Å². The van der Waals surface area contributed by atoms with Gasteiger partial charge in [0.15, 0.2) is 0 Å². The summed E-state index contributed by atoms with van der Waals surface area (Å²) in [5, 5.41) is 3.04. The van der Waals surface area contributed by atoms with Crippen molar-refractivity contribution in [3.05, 3.63) is 66.6 Å². The van der Waals surface area contributed by atoms with Crippen LogP contribution in [0.3, 0.4) is 0 Å². The lowest BCUT2D eigenvalue weighted by Gasteiger charge is -2.13. The molecule has 0 aliphatic heterocycles. The van der Waals surface area contributed by atoms with Gasteiger partial charge in [-0.2, -0.15) is 13.2 Å². The van der Waals surface area contributed by atoms with Gasteiger partial charge in [-0.25, -0.2) is 4.98 Å². The number of hydrogen-bond donors (Lipinski definition) is 1. The van der Waals surface area contributed by atoms with E-state index in [-0.39, 0.29) is 0 Å². The van der Waals surface area contributed by atoms with Gasteiger partial charge in [0.05, 0.1) is 17.6 Å². The molecule has 2 aromatic carbocycles. The van der Waals surface area contributed by atoms with E-state index < -0.39 is 11.7 Å². The number of hydrogen-bond acceptors (Lipinski definition) is 2. The Kier molecular flexibility index (Phi) is 3.82. The van der Waals surface area contributed by atoms with Crippen molar-refractivity contribution in [3.8, 4) is 11.3 Å². The second-order valence-corrected chi connectivity index (χ2v) is 5.17. The maximum absolute atomic E-state index is 12.8. The molecule has 3 rings (SSSR count). The summed E-state index contributed by atoms with van der Waals surface area (Å²) < 4.78 is 40.3. The van der Waals surface area contributed by atoms with Crippen LogP contribution >= 0.6 is 0 Å². The molecular weight excluding hydrogens is 303 g/mol. The van der Waals surface area contributed by atoms with Crippen molar-refractivity contribution >= 4 is 11.4 Å². The van der Waals surface area contributed by atoms with Gasteiger partial charge in [0, 0.05) is 30.2 Å². The molecule has 0 radical (unpaired) electrons. The van der Waals surface area contributed by atoms with Crippen molar-refractivity contribution in [1.29, 1.82) is 0 Å². The lowest BCUT2D eigenvalue weighted by atomic mass is 10.1. The molecule has 118 valence electrons. The first-order valence-electron chi connectivity index (χ1n) is 6.95. The van der Waals surface area contributed by atoms with Gasteiger partial charge in [0.2, 0.25) is 0 Å². The Balaban J connectivity index is 1.95. The van der Waals surface area contributed by atoms with Crippen LogP contribution in [-0.4, -0.2) is 9.55 Å². The van der Waals surface area contributed by atoms with E-state index in [1.165, 1.54) is 6.07 Å². The third-order valence-electron chi connectivity index (χ3n) is 3.38. The zero-order chi connectivity index (χ0) is 16.4. The fraction of sp³-hybridized carbons (Fsp3) is 0.118. The molecule has 0 saturated heterocycles. The number of rotatable bonds is 3. The molecule has 1 aromatic heterocycles. The second-order valence-electron chi connectivity index (χ2n) is 5.17. The number of aromatic nitrogens is 2. The third-order valence-corrected chi connectivity index (χ3v) is 3.38. The summed E-state index contributed by atoms with van der Waals surface area (Å²) in [7, 11) is 1.86. The highest BCUT2D eigenvalue weighted by molar-refractivity contribution is 5.79. The molecule has 0 atom stereocenters. The van der Waals surface area contributed by atoms with E-state index >= 15 is 0 Å². The zero-order valence-corrected chi connectivity index (χ0v) is 12.3. The Labute approximate surface area is 131 Å². The molecule has 0 unspecified atom stereocenters. The lowest BCUT2D eigenvalue weighted by Crippen LogP contribution is -2.05. The van der Waals surface area contributed by atoms with Gasteiger partial charge < -0.3 is 9.88 Å². The third kappa shape index (κ3) is 3.36. The summed E-state index contributed by atoms with van der Waals surface area (Å²) >= 11 is 0. The maximum atomic E-state index is 12.8. The van der Waals surface area contributed by atoms with Gasteiger partial charge in [-0.05, 0) is 24.3 Å². The highest BCUT2D eigenvalue weighted by Gasteiger charge is 2.30. The lowest BCUT2D eigenvalue weighted by molar-refractivity contribution is -0.137. The molecule has 0 aliphatic carbocycles. The number of alkyl halides is 3. The maximum Gasteiger partial charge on any atom is 0.416 e. The van der Waals surface area contributed by atoms with Crippen molar-refractivity contribution < 1.29 is 13.2 Å². The SMILES string of the molecule is Cn1cnc(-c2ccccc2Nc2cccc(C(F)(F)F)c2)c1. The molecule has 0 fully saturated rings. The van der Waals surface area contributed by atoms with Crippen molar-refractivity contribution in [2.24, 2.45) is 7.05 Å². The van der Waals surface area contributed by atoms with Crippen LogP contribution < -0.4 is 5.32 Å². The van der Waals surface area contributed by atoms with Crippen LogP contribution in [0.15, 0.2) is 61.1 Å². The van der Waals surface area contributed by atoms with Crippen LogP contribution in [-0.2, 0) is 13.2 Å². The first-order valence-corrected chi connectivity index (χ1v) is 6.95. The molecule has 0 spiro atoms. The number of para-hydroxylation sites is 1. The quantitative estimate of drug-likeness (QED) is 0.748. The van der Waals surface area contributed by atoms with Crippen molar-refractivity contribution in [3.63, 3.8) is 0 Å². The van der Waals surface area contributed by atoms with Crippen LogP contribution in [0.5, 0.6) is 0 Å². The van der Waals surface area contributed by atoms with E-state index in [9.17, 15) is 13.2 Å². The average Bonchev–Trinajstić information content (AvgIpc) is 2.94. The summed E-state index contributed by atoms with van der Waals surface area (Å²) in [5.74, 6) is 0. The first kappa shape index (κ1) is 15.1. The van der Waals surface area contributed by atoms with Crippen molar-refractivity contribution in [2.45, 2.75) is 6.18 Å². The van der Waals surface area contributed by atoms with Gasteiger partial charge in [-0.1, -0.05) is 24.3 Å². The minimum atomic E-state index is -4.36. The molecule has 3 nitrogen and oxygen atoms in total. The molecule has 23 heavy (non-hydrogen) atoms. The largest absolute Gasteiger partial charge is 0.416 e. The highest BCUT2D eigenvalue weighted by atomic mass is 19.4. The fourth-order valence-electron chi connectivity index (χ4n) is 2.30. The van der Waals surface area contributed by atoms with Crippen molar-refractivity contribution in [2.75, 3.05) is 5.32 Å². The fourth-order valence-corrected chi connectivity index (χ4v) is 2.30. The number of nitrogens with zero attached hydrogens (tertiary/aromatic N) is 2. The molecule has 1 heterocycles. The van der Waals surface area contributed by atoms with Crippen LogP contribution in [0, 0.1) is 0 Å². The van der Waals surface area contributed by atoms with Crippen LogP contribution in [0.4, 0.5) is 24.5 Å². The van der Waals surface area contributed by atoms with Crippen LogP contribution in [0.25, 0.3) is 11.3 Å². The summed E-state index contributed by atoms with van der Waals surface area (Å²) in [6.45, 7) is 0. The number of imidazole rings is 1. The summed E-state index contributed by atoms with van der Waals surface area (Å²) in [6.07, 6.45) is -0.832. The highest BCUT2D eigenvalue weighted by Crippen LogP contribution is 2.33. The standard InChI is InChI=1S/C17H14F3N3/c1-23-10-16(21-11-23)14-7-2-3-8-15(14)22-13-6-4-5-12(9-13)17(18,19)20/h2-11,22H,1H3. The van der Waals surface area contributed by atoms with Gasteiger partial charge >= 0.3 is 6.18 Å². The zero-order valence-electron chi connectivity index (χ0n) is 12.3. The number of halogens is 3. The predicted molar refractivity (Wildman–Crippen MR) is 83.4 cm³/mol. The minimum absolute atomic E-state index is 0.378. The van der Waals surface area contributed by atoms with E-state index in [2.05, 4.69) is 10.3 Å². The molecule has 6 heteroatoms. The van der Waals surface area contributed by atoms with Crippen LogP contribution in [0.2, 0.25) is 0 Å². The van der Waals surface area contributed by atoms with E-state index in [0.717, 1.165) is 23.4 Å². The van der Waals surface area contributed by atoms with Gasteiger partial charge in [-0.15, -0.1) is 0 Å². The summed E-state index contributed by atoms with van der Waals surface area (Å²) in [6, 6.07) is 12.5. The van der Waals surface area contributed by atoms with E-state index in [4.69, 9.17) is 0 Å². The molecule has 0 bridgehead atoms. The van der Waals surface area contributed by atoms with E-state index in [1.807, 2.05) is 42.1 Å². The van der Waals surface area contributed by atoms with E-state index in [1.54, 1.807) is 12.4 Å². The summed E-state index contributed by atoms with van der Waals surface area (Å²) in [5.41, 5.74) is 1.97. The molecule has 1 N–H and O–H groups in total. The Bertz CT molecular complexity index is 822. The first-order chi connectivity index (χ1) is 10.9. The number of anilines is 2. The Morgan fingerprint density at radius 1 is 1.04 bits per heavy atom. The Morgan fingerprint density at radius 3 is 2.52 bits per heavy atom. The van der Waals surface area contributed by atoms with Gasteiger partial charge in [-0.3, -0.25) is 0 Å². The normalized spacial score (nSPS) is 11.5. The van der Waals surface area contributed by atoms with Gasteiger partial charge in [0.25, 0.3) is 0 Å². The number of aryl methyl sites for hydroxylation is 1. The molecule has 0 saturated carbocycles. The molecular formula is C17H14F3N3. The minimum Gasteiger partial charge on any atom is -0.355 e. The number of benzene rings is 2. The van der Waals surface area contributed by atoms with Gasteiger partial charge in [0.1, 0.15) is 0 Å². The number of nitrogens with one attached hydrogen (secondary N) is 1. The van der Waals surface area contributed by atoms with E-state index in [0.29, 0.717) is 11.4 Å². The Hall–Kier alpha value is -2.76. The topological polar surface area (TPSA) is 29.9 Å². The monoisotopic (exact) mass is 317 g/mol. The molecule has 0 aliphatic rings. The molecule has 0 amide bonds. The smallest absolute Gasteiger partial charge is 0.355 e.